The third-order valence-electron chi connectivity index (χ3n) is 3.33. The highest BCUT2D eigenvalue weighted by atomic mass is 79.9. The molecule has 0 saturated carbocycles. The van der Waals surface area contributed by atoms with E-state index < -0.39 is 21.5 Å². The van der Waals surface area contributed by atoms with Crippen LogP contribution in [0.4, 0.5) is 5.69 Å². The van der Waals surface area contributed by atoms with Crippen molar-refractivity contribution in [3.05, 3.63) is 57.5 Å². The molecule has 2 aromatic rings. The lowest BCUT2D eigenvalue weighted by atomic mass is 10.2. The molecule has 0 aliphatic carbocycles. The van der Waals surface area contributed by atoms with E-state index in [0.29, 0.717) is 28.6 Å². The van der Waals surface area contributed by atoms with Gasteiger partial charge in [-0.05, 0) is 42.3 Å². The van der Waals surface area contributed by atoms with E-state index in [0.717, 1.165) is 10.9 Å². The molecule has 0 radical (unpaired) electrons. The molecule has 1 N–H and O–H groups in total. The molecule has 0 heterocycles. The van der Waals surface area contributed by atoms with Crippen molar-refractivity contribution >= 4 is 49.0 Å². The molecular weight excluding hydrogens is 442 g/mol. The number of benzene rings is 2. The lowest BCUT2D eigenvalue weighted by Crippen LogP contribution is -2.24. The van der Waals surface area contributed by atoms with Crippen molar-refractivity contribution in [2.45, 2.75) is 19.1 Å². The molecule has 0 bridgehead atoms. The predicted molar refractivity (Wildman–Crippen MR) is 108 cm³/mol. The fourth-order valence-corrected chi connectivity index (χ4v) is 3.92. The van der Waals surface area contributed by atoms with Crippen molar-refractivity contribution in [1.82, 2.24) is 0 Å². The average Bonchev–Trinajstić information content (AvgIpc) is 2.55. The molecule has 2 rings (SSSR count). The van der Waals surface area contributed by atoms with Crippen LogP contribution < -0.4 is 10.1 Å². The van der Waals surface area contributed by atoms with Gasteiger partial charge in [0.05, 0.1) is 18.0 Å². The molecular formula is C18H19BrClNO4S. The highest BCUT2D eigenvalue weighted by Gasteiger charge is 2.19. The van der Waals surface area contributed by atoms with E-state index in [9.17, 15) is 13.2 Å². The highest BCUT2D eigenvalue weighted by Crippen LogP contribution is 2.28. The van der Waals surface area contributed by atoms with Gasteiger partial charge in [-0.3, -0.25) is 4.79 Å². The molecule has 0 aliphatic rings. The zero-order valence-corrected chi connectivity index (χ0v) is 17.3. The summed E-state index contributed by atoms with van der Waals surface area (Å²) in [5, 5.41) is 2.99. The zero-order valence-electron chi connectivity index (χ0n) is 14.2. The topological polar surface area (TPSA) is 72.5 Å². The number of carbonyl (C=O) groups excluding carboxylic acids is 1. The van der Waals surface area contributed by atoms with Crippen LogP contribution in [-0.4, -0.2) is 26.7 Å². The van der Waals surface area contributed by atoms with Crippen molar-refractivity contribution in [1.29, 1.82) is 0 Å². The summed E-state index contributed by atoms with van der Waals surface area (Å²) in [6, 6.07) is 11.7. The van der Waals surface area contributed by atoms with E-state index in [1.165, 1.54) is 6.07 Å². The maximum atomic E-state index is 12.3. The van der Waals surface area contributed by atoms with Crippen LogP contribution in [0.1, 0.15) is 18.9 Å². The Balaban J connectivity index is 2.05. The second-order valence-electron chi connectivity index (χ2n) is 5.70. The van der Waals surface area contributed by atoms with E-state index in [1.807, 2.05) is 6.92 Å². The first-order chi connectivity index (χ1) is 12.3. The summed E-state index contributed by atoms with van der Waals surface area (Å²) in [6.45, 7) is 2.44. The maximum absolute atomic E-state index is 12.3. The number of hydrogen-bond acceptors (Lipinski definition) is 4. The van der Waals surface area contributed by atoms with Gasteiger partial charge < -0.3 is 10.1 Å². The molecule has 2 aromatic carbocycles. The van der Waals surface area contributed by atoms with E-state index >= 15 is 0 Å². The third-order valence-corrected chi connectivity index (χ3v) is 5.57. The quantitative estimate of drug-likeness (QED) is 0.632. The van der Waals surface area contributed by atoms with E-state index in [1.54, 1.807) is 36.4 Å². The molecule has 0 unspecified atom stereocenters. The van der Waals surface area contributed by atoms with Gasteiger partial charge in [-0.2, -0.15) is 0 Å². The Morgan fingerprint density at radius 3 is 2.54 bits per heavy atom. The largest absolute Gasteiger partial charge is 0.491 e. The minimum absolute atomic E-state index is 0.206. The number of hydrogen-bond donors (Lipinski definition) is 1. The second kappa shape index (κ2) is 9.39. The van der Waals surface area contributed by atoms with Gasteiger partial charge in [-0.15, -0.1) is 0 Å². The van der Waals surface area contributed by atoms with Gasteiger partial charge in [0.25, 0.3) is 0 Å². The Hall–Kier alpha value is -1.57. The van der Waals surface area contributed by atoms with Gasteiger partial charge in [0, 0.05) is 9.50 Å². The SMILES string of the molecule is CCCOc1ccc(Cl)cc1NC(=O)CS(=O)(=O)Cc1ccc(Br)cc1. The van der Waals surface area contributed by atoms with Gasteiger partial charge in [-0.25, -0.2) is 8.42 Å². The standard InChI is InChI=1S/C18H19BrClNO4S/c1-2-9-25-17-8-7-15(20)10-16(17)21-18(22)12-26(23,24)11-13-3-5-14(19)6-4-13/h3-8,10H,2,9,11-12H2,1H3,(H,21,22). The number of amides is 1. The highest BCUT2D eigenvalue weighted by molar-refractivity contribution is 9.10. The molecule has 0 fully saturated rings. The molecule has 26 heavy (non-hydrogen) atoms. The Morgan fingerprint density at radius 2 is 1.88 bits per heavy atom. The number of halogens is 2. The van der Waals surface area contributed by atoms with Crippen LogP contribution in [0.15, 0.2) is 46.9 Å². The van der Waals surface area contributed by atoms with Crippen LogP contribution in [0.5, 0.6) is 5.75 Å². The van der Waals surface area contributed by atoms with Crippen LogP contribution in [0.2, 0.25) is 5.02 Å². The van der Waals surface area contributed by atoms with Crippen molar-refractivity contribution in [2.75, 3.05) is 17.7 Å². The average molecular weight is 461 g/mol. The van der Waals surface area contributed by atoms with Crippen LogP contribution in [0.3, 0.4) is 0 Å². The van der Waals surface area contributed by atoms with Crippen LogP contribution in [0, 0.1) is 0 Å². The molecule has 1 amide bonds. The van der Waals surface area contributed by atoms with E-state index in [-0.39, 0.29) is 5.75 Å². The molecule has 0 aromatic heterocycles. The van der Waals surface area contributed by atoms with E-state index in [4.69, 9.17) is 16.3 Å². The smallest absolute Gasteiger partial charge is 0.239 e. The normalized spacial score (nSPS) is 11.2. The molecule has 8 heteroatoms. The minimum Gasteiger partial charge on any atom is -0.491 e. The monoisotopic (exact) mass is 459 g/mol. The Labute approximate surface area is 166 Å². The lowest BCUT2D eigenvalue weighted by Gasteiger charge is -2.13. The Kier molecular flexibility index (Phi) is 7.49. The number of carbonyl (C=O) groups is 1. The fourth-order valence-electron chi connectivity index (χ4n) is 2.21. The maximum Gasteiger partial charge on any atom is 0.239 e. The minimum atomic E-state index is -3.61. The number of sulfone groups is 1. The zero-order chi connectivity index (χ0) is 19.2. The van der Waals surface area contributed by atoms with Gasteiger partial charge in [0.15, 0.2) is 9.84 Å². The van der Waals surface area contributed by atoms with Crippen LogP contribution in [0.25, 0.3) is 0 Å². The summed E-state index contributed by atoms with van der Waals surface area (Å²) in [6.07, 6.45) is 0.803. The van der Waals surface area contributed by atoms with Gasteiger partial charge in [-0.1, -0.05) is 46.6 Å². The summed E-state index contributed by atoms with van der Waals surface area (Å²) in [7, 11) is -3.61. The van der Waals surface area contributed by atoms with Crippen molar-refractivity contribution in [2.24, 2.45) is 0 Å². The number of anilines is 1. The first-order valence-corrected chi connectivity index (χ1v) is 11.0. The third kappa shape index (κ3) is 6.63. The van der Waals surface area contributed by atoms with Crippen LogP contribution in [-0.2, 0) is 20.4 Å². The van der Waals surface area contributed by atoms with Gasteiger partial charge in [0.1, 0.15) is 11.5 Å². The fraction of sp³-hybridized carbons (Fsp3) is 0.278. The summed E-state index contributed by atoms with van der Waals surface area (Å²) >= 11 is 9.26. The Bertz CT molecular complexity index is 869. The first kappa shape index (κ1) is 20.7. The van der Waals surface area contributed by atoms with Crippen molar-refractivity contribution in [3.63, 3.8) is 0 Å². The van der Waals surface area contributed by atoms with Crippen LogP contribution >= 0.6 is 27.5 Å². The van der Waals surface area contributed by atoms with Gasteiger partial charge in [0.2, 0.25) is 5.91 Å². The number of nitrogens with one attached hydrogen (secondary N) is 1. The molecule has 5 nitrogen and oxygen atoms in total. The summed E-state index contributed by atoms with van der Waals surface area (Å²) in [5.41, 5.74) is 0.977. The van der Waals surface area contributed by atoms with Crippen molar-refractivity contribution in [3.8, 4) is 5.75 Å². The predicted octanol–water partition coefficient (Wildman–Crippen LogP) is 4.44. The lowest BCUT2D eigenvalue weighted by molar-refractivity contribution is -0.113. The number of ether oxygens (including phenoxy) is 1. The first-order valence-electron chi connectivity index (χ1n) is 7.96. The molecule has 0 atom stereocenters. The molecule has 140 valence electrons. The molecule has 0 aliphatic heterocycles. The number of rotatable bonds is 8. The summed E-state index contributed by atoms with van der Waals surface area (Å²) in [5.74, 6) is -1.01. The molecule has 0 spiro atoms. The molecule has 0 saturated heterocycles. The summed E-state index contributed by atoms with van der Waals surface area (Å²) in [4.78, 5) is 12.2. The Morgan fingerprint density at radius 1 is 1.19 bits per heavy atom. The summed E-state index contributed by atoms with van der Waals surface area (Å²) < 4.78 is 31.0. The van der Waals surface area contributed by atoms with Gasteiger partial charge >= 0.3 is 0 Å². The van der Waals surface area contributed by atoms with E-state index in [2.05, 4.69) is 21.2 Å². The second-order valence-corrected chi connectivity index (χ2v) is 9.11. The van der Waals surface area contributed by atoms with Crippen molar-refractivity contribution < 1.29 is 17.9 Å².